The van der Waals surface area contributed by atoms with Crippen molar-refractivity contribution < 1.29 is 0 Å². The topological polar surface area (TPSA) is 0 Å². The van der Waals surface area contributed by atoms with E-state index in [0.717, 1.165) is 6.42 Å². The molecule has 2 rings (SSSR count). The highest BCUT2D eigenvalue weighted by molar-refractivity contribution is 6.33. The van der Waals surface area contributed by atoms with Crippen LogP contribution in [0.3, 0.4) is 0 Å². The number of hydrogen-bond donors (Lipinski definition) is 0. The Kier molecular flexibility index (Phi) is 4.57. The third-order valence-electron chi connectivity index (χ3n) is 3.02. The molecule has 0 saturated heterocycles. The van der Waals surface area contributed by atoms with Gasteiger partial charge in [0, 0.05) is 0 Å². The number of hydrogen-bond acceptors (Lipinski definition) is 0. The lowest BCUT2D eigenvalue weighted by Gasteiger charge is -2.05. The molecule has 0 aliphatic rings. The zero-order valence-corrected chi connectivity index (χ0v) is 11.0. The lowest BCUT2D eigenvalue weighted by atomic mass is 10.0. The second-order valence-corrected chi connectivity index (χ2v) is 4.89. The summed E-state index contributed by atoms with van der Waals surface area (Å²) >= 11 is 0. The van der Waals surface area contributed by atoms with Crippen LogP contribution in [0.15, 0.2) is 54.6 Å². The number of aryl methyl sites for hydroxylation is 2. The molecule has 2 aromatic rings. The van der Waals surface area contributed by atoms with E-state index in [9.17, 15) is 0 Å². The average Bonchev–Trinajstić information content (AvgIpc) is 2.38. The molecular weight excluding hydrogens is 220 g/mol. The predicted molar refractivity (Wildman–Crippen MR) is 74.9 cm³/mol. The van der Waals surface area contributed by atoms with Crippen molar-refractivity contribution in [2.24, 2.45) is 0 Å². The van der Waals surface area contributed by atoms with Crippen molar-refractivity contribution in [1.29, 1.82) is 0 Å². The van der Waals surface area contributed by atoms with Crippen LogP contribution in [0, 0.1) is 0 Å². The molecule has 0 amide bonds. The first kappa shape index (κ1) is 12.1. The van der Waals surface area contributed by atoms with Gasteiger partial charge >= 0.3 is 0 Å². The Morgan fingerprint density at radius 1 is 0.706 bits per heavy atom. The molecule has 0 spiro atoms. The number of unbranched alkanes of at least 4 members (excludes halogenated alkanes) is 1. The highest BCUT2D eigenvalue weighted by Crippen LogP contribution is 2.07. The predicted octanol–water partition coefficient (Wildman–Crippen LogP) is 3.05. The Morgan fingerprint density at radius 3 is 2.12 bits per heavy atom. The highest BCUT2D eigenvalue weighted by Gasteiger charge is 1.97. The van der Waals surface area contributed by atoms with Gasteiger partial charge in [0.25, 0.3) is 0 Å². The summed E-state index contributed by atoms with van der Waals surface area (Å²) in [6, 6.07) is 19.2. The standard InChI is InChI=1S/C16H17Si/c17-16-13-7-6-12-15(16)11-5-4-10-14-8-2-1-3-9-14/h1-3,6-9,12-13H,4-5,10-11H2. The SMILES string of the molecule is [Si]c1ccccc1CCCCc1ccccc1. The van der Waals surface area contributed by atoms with Gasteiger partial charge in [-0.25, -0.2) is 0 Å². The molecule has 3 radical (unpaired) electrons. The maximum atomic E-state index is 3.64. The van der Waals surface area contributed by atoms with Crippen LogP contribution >= 0.6 is 0 Å². The molecule has 1 heteroatoms. The van der Waals surface area contributed by atoms with Gasteiger partial charge < -0.3 is 0 Å². The maximum Gasteiger partial charge on any atom is 0.0715 e. The summed E-state index contributed by atoms with van der Waals surface area (Å²) in [7, 11) is 3.64. The van der Waals surface area contributed by atoms with E-state index in [0.29, 0.717) is 0 Å². The quantitative estimate of drug-likeness (QED) is 0.554. The third-order valence-corrected chi connectivity index (χ3v) is 3.51. The van der Waals surface area contributed by atoms with Crippen LogP contribution in [0.1, 0.15) is 24.0 Å². The van der Waals surface area contributed by atoms with Crippen LogP contribution in [-0.4, -0.2) is 10.2 Å². The van der Waals surface area contributed by atoms with Crippen molar-refractivity contribution in [2.45, 2.75) is 25.7 Å². The molecule has 0 saturated carbocycles. The van der Waals surface area contributed by atoms with E-state index in [-0.39, 0.29) is 0 Å². The van der Waals surface area contributed by atoms with Gasteiger partial charge in [-0.2, -0.15) is 0 Å². The van der Waals surface area contributed by atoms with Crippen LogP contribution in [0.25, 0.3) is 0 Å². The summed E-state index contributed by atoms with van der Waals surface area (Å²) in [5, 5.41) is 1.23. The summed E-state index contributed by atoms with van der Waals surface area (Å²) in [5.74, 6) is 0. The Labute approximate surface area is 107 Å². The van der Waals surface area contributed by atoms with Crippen LogP contribution in [0.4, 0.5) is 0 Å². The van der Waals surface area contributed by atoms with Gasteiger partial charge in [-0.05, 0) is 36.8 Å². The van der Waals surface area contributed by atoms with Crippen molar-refractivity contribution in [1.82, 2.24) is 0 Å². The molecule has 17 heavy (non-hydrogen) atoms. The normalized spacial score (nSPS) is 10.4. The first-order valence-corrected chi connectivity index (χ1v) is 6.70. The zero-order chi connectivity index (χ0) is 11.9. The van der Waals surface area contributed by atoms with Crippen molar-refractivity contribution in [3.8, 4) is 0 Å². The number of rotatable bonds is 5. The molecule has 0 fully saturated rings. The van der Waals surface area contributed by atoms with Gasteiger partial charge in [0.1, 0.15) is 0 Å². The summed E-state index contributed by atoms with van der Waals surface area (Å²) in [6.45, 7) is 0. The smallest absolute Gasteiger partial charge is 0.0642 e. The Balaban J connectivity index is 1.76. The molecule has 0 bridgehead atoms. The Bertz CT molecular complexity index is 448. The Hall–Kier alpha value is -1.34. The summed E-state index contributed by atoms with van der Waals surface area (Å²) in [6.07, 6.45) is 4.85. The van der Waals surface area contributed by atoms with E-state index >= 15 is 0 Å². The largest absolute Gasteiger partial charge is 0.0715 e. The van der Waals surface area contributed by atoms with Gasteiger partial charge in [-0.15, -0.1) is 0 Å². The minimum absolute atomic E-state index is 1.16. The monoisotopic (exact) mass is 237 g/mol. The summed E-state index contributed by atoms with van der Waals surface area (Å²) in [5.41, 5.74) is 2.86. The molecular formula is C16H17Si. The van der Waals surface area contributed by atoms with E-state index in [1.165, 1.54) is 35.6 Å². The summed E-state index contributed by atoms with van der Waals surface area (Å²) in [4.78, 5) is 0. The van der Waals surface area contributed by atoms with Crippen LogP contribution in [0.5, 0.6) is 0 Å². The molecule has 0 N–H and O–H groups in total. The van der Waals surface area contributed by atoms with E-state index < -0.39 is 0 Å². The zero-order valence-electron chi connectivity index (χ0n) is 10.0. The second kappa shape index (κ2) is 6.41. The van der Waals surface area contributed by atoms with Crippen LogP contribution in [-0.2, 0) is 12.8 Å². The highest BCUT2D eigenvalue weighted by atomic mass is 28.1. The fraction of sp³-hybridized carbons (Fsp3) is 0.250. The van der Waals surface area contributed by atoms with Crippen molar-refractivity contribution in [2.75, 3.05) is 0 Å². The molecule has 0 aliphatic heterocycles. The van der Waals surface area contributed by atoms with E-state index in [1.807, 2.05) is 0 Å². The van der Waals surface area contributed by atoms with Crippen molar-refractivity contribution in [3.63, 3.8) is 0 Å². The number of benzene rings is 2. The fourth-order valence-electron chi connectivity index (χ4n) is 2.03. The van der Waals surface area contributed by atoms with Gasteiger partial charge in [-0.1, -0.05) is 59.8 Å². The first-order valence-electron chi connectivity index (χ1n) is 6.20. The maximum absolute atomic E-state index is 3.64. The molecule has 0 atom stereocenters. The lowest BCUT2D eigenvalue weighted by Crippen LogP contribution is -2.09. The summed E-state index contributed by atoms with van der Waals surface area (Å²) < 4.78 is 0. The molecule has 0 heterocycles. The molecule has 85 valence electrons. The fourth-order valence-corrected chi connectivity index (χ4v) is 2.33. The van der Waals surface area contributed by atoms with Crippen LogP contribution in [0.2, 0.25) is 0 Å². The van der Waals surface area contributed by atoms with Crippen LogP contribution < -0.4 is 5.19 Å². The third kappa shape index (κ3) is 3.86. The first-order chi connectivity index (χ1) is 8.36. The second-order valence-electron chi connectivity index (χ2n) is 4.35. The molecule has 0 unspecified atom stereocenters. The Morgan fingerprint density at radius 2 is 1.35 bits per heavy atom. The van der Waals surface area contributed by atoms with Gasteiger partial charge in [0.15, 0.2) is 0 Å². The van der Waals surface area contributed by atoms with E-state index in [2.05, 4.69) is 64.8 Å². The van der Waals surface area contributed by atoms with Crippen molar-refractivity contribution in [3.05, 3.63) is 65.7 Å². The molecule has 0 aromatic heterocycles. The molecule has 0 nitrogen and oxygen atoms in total. The van der Waals surface area contributed by atoms with E-state index in [4.69, 9.17) is 0 Å². The van der Waals surface area contributed by atoms with Gasteiger partial charge in [-0.3, -0.25) is 0 Å². The lowest BCUT2D eigenvalue weighted by molar-refractivity contribution is 0.736. The van der Waals surface area contributed by atoms with Gasteiger partial charge in [0.05, 0.1) is 10.2 Å². The van der Waals surface area contributed by atoms with E-state index in [1.54, 1.807) is 0 Å². The minimum Gasteiger partial charge on any atom is -0.0642 e. The molecule has 2 aromatic carbocycles. The van der Waals surface area contributed by atoms with Crippen molar-refractivity contribution >= 4 is 15.4 Å². The van der Waals surface area contributed by atoms with Gasteiger partial charge in [0.2, 0.25) is 0 Å². The molecule has 0 aliphatic carbocycles. The minimum atomic E-state index is 1.16. The average molecular weight is 237 g/mol.